The number of hydrogen-bond donors (Lipinski definition) is 1. The average molecular weight is 385 g/mol. The first-order chi connectivity index (χ1) is 13.1. The molecule has 1 saturated carbocycles. The lowest BCUT2D eigenvalue weighted by atomic mass is 10.1. The molecule has 0 aromatic heterocycles. The molecule has 4 rings (SSSR count). The number of rotatable bonds is 4. The van der Waals surface area contributed by atoms with Crippen molar-refractivity contribution in [1.82, 2.24) is 4.90 Å². The van der Waals surface area contributed by atoms with Crippen LogP contribution in [0.5, 0.6) is 0 Å². The Balaban J connectivity index is 1.78. The van der Waals surface area contributed by atoms with E-state index in [4.69, 9.17) is 4.99 Å². The summed E-state index contributed by atoms with van der Waals surface area (Å²) in [6, 6.07) is 11.1. The second kappa shape index (κ2) is 7.48. The number of hydrogen-bond acceptors (Lipinski definition) is 5. The summed E-state index contributed by atoms with van der Waals surface area (Å²) in [6.07, 6.45) is 4.27. The van der Waals surface area contributed by atoms with Gasteiger partial charge in [0.15, 0.2) is 5.17 Å². The van der Waals surface area contributed by atoms with Crippen LogP contribution in [0.1, 0.15) is 32.6 Å². The number of benzene rings is 2. The molecule has 1 aliphatic heterocycles. The summed E-state index contributed by atoms with van der Waals surface area (Å²) in [7, 11) is 0. The van der Waals surface area contributed by atoms with E-state index in [0.717, 1.165) is 34.8 Å². The van der Waals surface area contributed by atoms with Crippen molar-refractivity contribution >= 4 is 39.1 Å². The van der Waals surface area contributed by atoms with Crippen LogP contribution in [0.15, 0.2) is 41.4 Å². The first kappa shape index (κ1) is 18.3. The molecule has 2 aliphatic rings. The number of amidine groups is 1. The maximum absolute atomic E-state index is 11.3. The van der Waals surface area contributed by atoms with Crippen LogP contribution in [0, 0.1) is 10.1 Å². The molecule has 0 spiro atoms. The van der Waals surface area contributed by atoms with E-state index in [0.29, 0.717) is 11.4 Å². The van der Waals surface area contributed by atoms with E-state index < -0.39 is 6.10 Å². The highest BCUT2D eigenvalue weighted by molar-refractivity contribution is 8.14. The van der Waals surface area contributed by atoms with Crippen LogP contribution >= 0.6 is 11.8 Å². The van der Waals surface area contributed by atoms with Crippen molar-refractivity contribution in [2.75, 3.05) is 5.75 Å². The normalized spacial score (nSPS) is 23.4. The summed E-state index contributed by atoms with van der Waals surface area (Å²) in [4.78, 5) is 18.2. The lowest BCUT2D eigenvalue weighted by molar-refractivity contribution is -0.383. The second-order valence-corrected chi connectivity index (χ2v) is 8.25. The van der Waals surface area contributed by atoms with Gasteiger partial charge in [-0.2, -0.15) is 0 Å². The quantitative estimate of drug-likeness (QED) is 0.620. The number of thioether (sulfide) groups is 1. The SMILES string of the molecule is C[C@@H](O)[C@H]1CSC(=Nc2ccc([N+](=O)[O-])c3ccccc23)N1C1CCCC1. The topological polar surface area (TPSA) is 79.0 Å². The molecule has 0 amide bonds. The maximum Gasteiger partial charge on any atom is 0.277 e. The van der Waals surface area contributed by atoms with Crippen LogP contribution in [0.4, 0.5) is 11.4 Å². The molecule has 6 nitrogen and oxygen atoms in total. The highest BCUT2D eigenvalue weighted by Crippen LogP contribution is 2.38. The highest BCUT2D eigenvalue weighted by atomic mass is 32.2. The number of fused-ring (bicyclic) bond motifs is 1. The predicted molar refractivity (Wildman–Crippen MR) is 110 cm³/mol. The zero-order valence-corrected chi connectivity index (χ0v) is 16.1. The van der Waals surface area contributed by atoms with Gasteiger partial charge in [-0.1, -0.05) is 42.8 Å². The number of non-ortho nitro benzene ring substituents is 1. The van der Waals surface area contributed by atoms with Gasteiger partial charge in [0.25, 0.3) is 5.69 Å². The van der Waals surface area contributed by atoms with Gasteiger partial charge in [-0.05, 0) is 31.9 Å². The number of aliphatic imine (C=N–C) groups is 1. The Kier molecular flexibility index (Phi) is 5.06. The van der Waals surface area contributed by atoms with Crippen molar-refractivity contribution < 1.29 is 10.0 Å². The van der Waals surface area contributed by atoms with Crippen LogP contribution in [-0.2, 0) is 0 Å². The summed E-state index contributed by atoms with van der Waals surface area (Å²) in [5.41, 5.74) is 0.844. The Hall–Kier alpha value is -2.12. The Morgan fingerprint density at radius 3 is 2.59 bits per heavy atom. The summed E-state index contributed by atoms with van der Waals surface area (Å²) >= 11 is 1.67. The number of nitro benzene ring substituents is 1. The highest BCUT2D eigenvalue weighted by Gasteiger charge is 2.39. The Bertz CT molecular complexity index is 893. The Labute approximate surface area is 162 Å². The monoisotopic (exact) mass is 385 g/mol. The molecule has 1 N–H and O–H groups in total. The Morgan fingerprint density at radius 1 is 1.22 bits per heavy atom. The molecule has 2 aromatic carbocycles. The molecule has 1 heterocycles. The van der Waals surface area contributed by atoms with Crippen molar-refractivity contribution in [3.05, 3.63) is 46.5 Å². The molecule has 0 bridgehead atoms. The van der Waals surface area contributed by atoms with Crippen molar-refractivity contribution in [3.8, 4) is 0 Å². The third-order valence-corrected chi connectivity index (χ3v) is 6.60. The van der Waals surface area contributed by atoms with Crippen molar-refractivity contribution in [1.29, 1.82) is 0 Å². The van der Waals surface area contributed by atoms with Crippen molar-refractivity contribution in [2.45, 2.75) is 50.8 Å². The molecule has 27 heavy (non-hydrogen) atoms. The van der Waals surface area contributed by atoms with Gasteiger partial charge in [-0.3, -0.25) is 10.1 Å². The van der Waals surface area contributed by atoms with Crippen LogP contribution in [-0.4, -0.2) is 44.0 Å². The maximum atomic E-state index is 11.3. The third-order valence-electron chi connectivity index (χ3n) is 5.53. The van der Waals surface area contributed by atoms with E-state index in [1.165, 1.54) is 18.9 Å². The summed E-state index contributed by atoms with van der Waals surface area (Å²) in [5.74, 6) is 0.817. The van der Waals surface area contributed by atoms with Crippen molar-refractivity contribution in [3.63, 3.8) is 0 Å². The molecular formula is C20H23N3O3S. The van der Waals surface area contributed by atoms with Gasteiger partial charge < -0.3 is 10.0 Å². The first-order valence-corrected chi connectivity index (χ1v) is 10.4. The van der Waals surface area contributed by atoms with E-state index in [2.05, 4.69) is 4.90 Å². The number of nitro groups is 1. The molecule has 2 aromatic rings. The van der Waals surface area contributed by atoms with E-state index in [1.807, 2.05) is 25.1 Å². The van der Waals surface area contributed by atoms with Gasteiger partial charge in [0.2, 0.25) is 0 Å². The zero-order valence-electron chi connectivity index (χ0n) is 15.2. The fourth-order valence-corrected chi connectivity index (χ4v) is 5.51. The number of aliphatic hydroxyl groups is 1. The third kappa shape index (κ3) is 3.41. The molecule has 2 atom stereocenters. The molecule has 7 heteroatoms. The summed E-state index contributed by atoms with van der Waals surface area (Å²) in [6.45, 7) is 1.84. The zero-order chi connectivity index (χ0) is 19.0. The van der Waals surface area contributed by atoms with Crippen LogP contribution in [0.2, 0.25) is 0 Å². The van der Waals surface area contributed by atoms with E-state index >= 15 is 0 Å². The van der Waals surface area contributed by atoms with Gasteiger partial charge in [-0.25, -0.2) is 4.99 Å². The predicted octanol–water partition coefficient (Wildman–Crippen LogP) is 4.48. The van der Waals surface area contributed by atoms with Gasteiger partial charge in [0, 0.05) is 23.2 Å². The minimum Gasteiger partial charge on any atom is -0.391 e. The van der Waals surface area contributed by atoms with E-state index in [-0.39, 0.29) is 16.7 Å². The molecule has 0 radical (unpaired) electrons. The fourth-order valence-electron chi connectivity index (χ4n) is 4.15. The van der Waals surface area contributed by atoms with Gasteiger partial charge in [0.05, 0.1) is 28.1 Å². The second-order valence-electron chi connectivity index (χ2n) is 7.27. The van der Waals surface area contributed by atoms with E-state index in [1.54, 1.807) is 23.9 Å². The smallest absolute Gasteiger partial charge is 0.277 e. The standard InChI is InChI=1S/C20H23N3O3S/c1-13(24)19-12-27-20(22(19)14-6-2-3-7-14)21-17-10-11-18(23(25)26)16-9-5-4-8-15(16)17/h4-5,8-11,13-14,19,24H,2-3,6-7,12H2,1H3/t13-,19-/m1/s1. The minimum absolute atomic E-state index is 0.0705. The van der Waals surface area contributed by atoms with E-state index in [9.17, 15) is 15.2 Å². The largest absolute Gasteiger partial charge is 0.391 e. The molecule has 0 unspecified atom stereocenters. The lowest BCUT2D eigenvalue weighted by Crippen LogP contribution is -2.46. The summed E-state index contributed by atoms with van der Waals surface area (Å²) in [5, 5.41) is 23.9. The molecule has 1 saturated heterocycles. The van der Waals surface area contributed by atoms with Gasteiger partial charge in [-0.15, -0.1) is 0 Å². The summed E-state index contributed by atoms with van der Waals surface area (Å²) < 4.78 is 0. The minimum atomic E-state index is -0.417. The average Bonchev–Trinajstić information content (AvgIpc) is 3.31. The van der Waals surface area contributed by atoms with Gasteiger partial charge in [0.1, 0.15) is 0 Å². The molecule has 142 valence electrons. The first-order valence-electron chi connectivity index (χ1n) is 9.40. The van der Waals surface area contributed by atoms with Gasteiger partial charge >= 0.3 is 0 Å². The van der Waals surface area contributed by atoms with Crippen LogP contribution in [0.25, 0.3) is 10.8 Å². The Morgan fingerprint density at radius 2 is 1.93 bits per heavy atom. The van der Waals surface area contributed by atoms with Crippen LogP contribution in [0.3, 0.4) is 0 Å². The molecule has 1 aliphatic carbocycles. The number of aliphatic hydroxyl groups excluding tert-OH is 1. The fraction of sp³-hybridized carbons (Fsp3) is 0.450. The number of nitrogens with zero attached hydrogens (tertiary/aromatic N) is 3. The lowest BCUT2D eigenvalue weighted by Gasteiger charge is -2.33. The molecule has 2 fully saturated rings. The van der Waals surface area contributed by atoms with Crippen molar-refractivity contribution in [2.24, 2.45) is 4.99 Å². The molecular weight excluding hydrogens is 362 g/mol. The van der Waals surface area contributed by atoms with Crippen LogP contribution < -0.4 is 0 Å².